The molecule has 2 rings (SSSR count). The molecule has 0 bridgehead atoms. The average molecular weight is 263 g/mol. The van der Waals surface area contributed by atoms with Gasteiger partial charge in [0.1, 0.15) is 5.75 Å². The van der Waals surface area contributed by atoms with Gasteiger partial charge in [-0.05, 0) is 38.4 Å². The van der Waals surface area contributed by atoms with E-state index in [1.54, 1.807) is 13.2 Å². The Labute approximate surface area is 113 Å². The number of nitrogens with one attached hydrogen (secondary N) is 3. The van der Waals surface area contributed by atoms with E-state index in [4.69, 9.17) is 4.74 Å². The maximum Gasteiger partial charge on any atom is 0.319 e. The maximum absolute atomic E-state index is 11.8. The van der Waals surface area contributed by atoms with E-state index in [1.165, 1.54) is 0 Å². The van der Waals surface area contributed by atoms with Gasteiger partial charge in [0.05, 0.1) is 7.11 Å². The third kappa shape index (κ3) is 3.86. The number of carbonyl (C=O) groups excluding carboxylic acids is 1. The summed E-state index contributed by atoms with van der Waals surface area (Å²) < 4.78 is 5.11. The zero-order chi connectivity index (χ0) is 13.7. The molecule has 1 atom stereocenters. The van der Waals surface area contributed by atoms with Crippen molar-refractivity contribution < 1.29 is 9.53 Å². The Morgan fingerprint density at radius 2 is 2.37 bits per heavy atom. The van der Waals surface area contributed by atoms with Gasteiger partial charge in [0.25, 0.3) is 0 Å². The van der Waals surface area contributed by atoms with Gasteiger partial charge in [-0.2, -0.15) is 0 Å². The third-order valence-electron chi connectivity index (χ3n) is 3.42. The van der Waals surface area contributed by atoms with E-state index in [1.807, 2.05) is 18.2 Å². The van der Waals surface area contributed by atoms with Gasteiger partial charge in [-0.15, -0.1) is 0 Å². The van der Waals surface area contributed by atoms with Crippen LogP contribution in [0.25, 0.3) is 0 Å². The lowest BCUT2D eigenvalue weighted by molar-refractivity contribution is 0.248. The van der Waals surface area contributed by atoms with Gasteiger partial charge >= 0.3 is 6.03 Å². The lowest BCUT2D eigenvalue weighted by Gasteiger charge is -2.24. The summed E-state index contributed by atoms with van der Waals surface area (Å²) in [5.41, 5.74) is 0.743. The topological polar surface area (TPSA) is 62.4 Å². The van der Waals surface area contributed by atoms with Crippen LogP contribution in [0.15, 0.2) is 24.3 Å². The van der Waals surface area contributed by atoms with Crippen LogP contribution in [0.1, 0.15) is 19.8 Å². The smallest absolute Gasteiger partial charge is 0.319 e. The van der Waals surface area contributed by atoms with Crippen molar-refractivity contribution in [1.29, 1.82) is 0 Å². The predicted octanol–water partition coefficient (Wildman–Crippen LogP) is 1.96. The van der Waals surface area contributed by atoms with Crippen LogP contribution in [0.3, 0.4) is 0 Å². The molecule has 0 spiro atoms. The van der Waals surface area contributed by atoms with Crippen LogP contribution < -0.4 is 20.7 Å². The summed E-state index contributed by atoms with van der Waals surface area (Å²) in [6.07, 6.45) is 2.25. The highest BCUT2D eigenvalue weighted by atomic mass is 16.5. The van der Waals surface area contributed by atoms with Crippen molar-refractivity contribution in [1.82, 2.24) is 10.6 Å². The quantitative estimate of drug-likeness (QED) is 0.778. The largest absolute Gasteiger partial charge is 0.497 e. The van der Waals surface area contributed by atoms with Crippen LogP contribution >= 0.6 is 0 Å². The van der Waals surface area contributed by atoms with Crippen molar-refractivity contribution in [2.75, 3.05) is 25.5 Å². The Balaban J connectivity index is 1.83. The van der Waals surface area contributed by atoms with Gasteiger partial charge in [-0.3, -0.25) is 0 Å². The van der Waals surface area contributed by atoms with Crippen LogP contribution in [-0.2, 0) is 0 Å². The van der Waals surface area contributed by atoms with E-state index in [-0.39, 0.29) is 11.6 Å². The second-order valence-electron chi connectivity index (χ2n) is 5.13. The highest BCUT2D eigenvalue weighted by molar-refractivity contribution is 5.89. The number of ether oxygens (including phenoxy) is 1. The molecule has 1 aromatic carbocycles. The maximum atomic E-state index is 11.8. The van der Waals surface area contributed by atoms with Crippen molar-refractivity contribution >= 4 is 11.7 Å². The fourth-order valence-corrected chi connectivity index (χ4v) is 2.26. The molecule has 104 valence electrons. The van der Waals surface area contributed by atoms with Crippen LogP contribution in [0.5, 0.6) is 5.75 Å². The van der Waals surface area contributed by atoms with Crippen molar-refractivity contribution in [3.05, 3.63) is 24.3 Å². The molecule has 0 saturated carbocycles. The van der Waals surface area contributed by atoms with Gasteiger partial charge in [0.15, 0.2) is 0 Å². The number of hydrogen-bond donors (Lipinski definition) is 3. The van der Waals surface area contributed by atoms with Crippen molar-refractivity contribution in [3.63, 3.8) is 0 Å². The fourth-order valence-electron chi connectivity index (χ4n) is 2.26. The summed E-state index contributed by atoms with van der Waals surface area (Å²) in [5.74, 6) is 0.724. The normalized spacial score (nSPS) is 22.0. The lowest BCUT2D eigenvalue weighted by Crippen LogP contribution is -2.48. The average Bonchev–Trinajstić information content (AvgIpc) is 2.84. The summed E-state index contributed by atoms with van der Waals surface area (Å²) in [6.45, 7) is 3.78. The minimum Gasteiger partial charge on any atom is -0.497 e. The monoisotopic (exact) mass is 263 g/mol. The molecular weight excluding hydrogens is 242 g/mol. The molecule has 1 aliphatic rings. The highest BCUT2D eigenvalue weighted by Gasteiger charge is 2.28. The molecule has 1 aromatic rings. The number of rotatable bonds is 4. The van der Waals surface area contributed by atoms with Crippen LogP contribution in [0, 0.1) is 0 Å². The molecule has 1 saturated heterocycles. The molecule has 5 heteroatoms. The second kappa shape index (κ2) is 5.93. The zero-order valence-electron chi connectivity index (χ0n) is 11.5. The van der Waals surface area contributed by atoms with Gasteiger partial charge < -0.3 is 20.7 Å². The summed E-state index contributed by atoms with van der Waals surface area (Å²) in [6, 6.07) is 7.11. The number of benzene rings is 1. The molecule has 0 radical (unpaired) electrons. The Morgan fingerprint density at radius 3 is 3.05 bits per heavy atom. The van der Waals surface area contributed by atoms with E-state index < -0.39 is 0 Å². The molecule has 1 heterocycles. The number of carbonyl (C=O) groups is 1. The minimum atomic E-state index is -0.192. The molecular formula is C14H21N3O2. The molecule has 1 unspecified atom stereocenters. The van der Waals surface area contributed by atoms with Crippen LogP contribution in [0.4, 0.5) is 10.5 Å². The predicted molar refractivity (Wildman–Crippen MR) is 75.7 cm³/mol. The summed E-state index contributed by atoms with van der Waals surface area (Å²) in [4.78, 5) is 11.8. The minimum absolute atomic E-state index is 0.0196. The molecule has 0 aromatic heterocycles. The van der Waals surface area contributed by atoms with Gasteiger partial charge in [-0.1, -0.05) is 6.07 Å². The number of anilines is 1. The van der Waals surface area contributed by atoms with Crippen LogP contribution in [-0.4, -0.2) is 31.8 Å². The van der Waals surface area contributed by atoms with E-state index in [0.717, 1.165) is 30.8 Å². The Morgan fingerprint density at radius 1 is 1.53 bits per heavy atom. The third-order valence-corrected chi connectivity index (χ3v) is 3.42. The van der Waals surface area contributed by atoms with Crippen LogP contribution in [0.2, 0.25) is 0 Å². The number of urea groups is 1. The van der Waals surface area contributed by atoms with Gasteiger partial charge in [0, 0.05) is 23.8 Å². The lowest BCUT2D eigenvalue weighted by atomic mass is 10.0. The molecule has 1 aliphatic heterocycles. The summed E-state index contributed by atoms with van der Waals surface area (Å²) >= 11 is 0. The standard InChI is InChI=1S/C14H21N3O2/c1-14(7-4-8-16-14)10-15-13(18)17-11-5-3-6-12(9-11)19-2/h3,5-6,9,16H,4,7-8,10H2,1-2H3,(H2,15,17,18). The first-order chi connectivity index (χ1) is 9.11. The van der Waals surface area contributed by atoms with E-state index in [0.29, 0.717) is 6.54 Å². The first-order valence-corrected chi connectivity index (χ1v) is 6.55. The molecule has 19 heavy (non-hydrogen) atoms. The fraction of sp³-hybridized carbons (Fsp3) is 0.500. The Hall–Kier alpha value is -1.75. The Bertz CT molecular complexity index is 442. The number of amides is 2. The van der Waals surface area contributed by atoms with Gasteiger partial charge in [-0.25, -0.2) is 4.79 Å². The molecule has 3 N–H and O–H groups in total. The van der Waals surface area contributed by atoms with Crippen molar-refractivity contribution in [2.24, 2.45) is 0 Å². The first kappa shape index (κ1) is 13.7. The van der Waals surface area contributed by atoms with Crippen molar-refractivity contribution in [2.45, 2.75) is 25.3 Å². The summed E-state index contributed by atoms with van der Waals surface area (Å²) in [5, 5.41) is 9.11. The van der Waals surface area contributed by atoms with Gasteiger partial charge in [0.2, 0.25) is 0 Å². The molecule has 5 nitrogen and oxygen atoms in total. The Kier molecular flexibility index (Phi) is 4.27. The zero-order valence-corrected chi connectivity index (χ0v) is 11.5. The second-order valence-corrected chi connectivity index (χ2v) is 5.13. The highest BCUT2D eigenvalue weighted by Crippen LogP contribution is 2.18. The van der Waals surface area contributed by atoms with E-state index in [2.05, 4.69) is 22.9 Å². The SMILES string of the molecule is COc1cccc(NC(=O)NCC2(C)CCCN2)c1. The number of hydrogen-bond acceptors (Lipinski definition) is 3. The molecule has 0 aliphatic carbocycles. The first-order valence-electron chi connectivity index (χ1n) is 6.55. The summed E-state index contributed by atoms with van der Waals surface area (Å²) in [7, 11) is 1.60. The molecule has 2 amide bonds. The number of methoxy groups -OCH3 is 1. The van der Waals surface area contributed by atoms with E-state index >= 15 is 0 Å². The van der Waals surface area contributed by atoms with E-state index in [9.17, 15) is 4.79 Å². The van der Waals surface area contributed by atoms with Crippen molar-refractivity contribution in [3.8, 4) is 5.75 Å². The molecule has 1 fully saturated rings.